The van der Waals surface area contributed by atoms with E-state index in [-0.39, 0.29) is 12.3 Å². The fourth-order valence-electron chi connectivity index (χ4n) is 1.60. The van der Waals surface area contributed by atoms with Gasteiger partial charge in [0.15, 0.2) is 11.0 Å². The monoisotopic (exact) mass is 282 g/mol. The number of amidine groups is 1. The molecule has 0 saturated heterocycles. The van der Waals surface area contributed by atoms with Crippen LogP contribution in [0.5, 0.6) is 0 Å². The molecule has 1 aliphatic rings. The van der Waals surface area contributed by atoms with Gasteiger partial charge >= 0.3 is 5.97 Å². The summed E-state index contributed by atoms with van der Waals surface area (Å²) in [5.41, 5.74) is 0.434. The third-order valence-electron chi connectivity index (χ3n) is 2.47. The zero-order chi connectivity index (χ0) is 13.7. The summed E-state index contributed by atoms with van der Waals surface area (Å²) >= 11 is 1.20. The lowest BCUT2D eigenvalue weighted by Gasteiger charge is -2.05. The summed E-state index contributed by atoms with van der Waals surface area (Å²) in [6.45, 7) is 1.37. The van der Waals surface area contributed by atoms with E-state index in [4.69, 9.17) is 5.11 Å². The summed E-state index contributed by atoms with van der Waals surface area (Å²) in [6.07, 6.45) is 1.80. The van der Waals surface area contributed by atoms with Gasteiger partial charge in [-0.05, 0) is 12.8 Å². The molecule has 0 bridgehead atoms. The Balaban J connectivity index is 1.96. The van der Waals surface area contributed by atoms with Crippen molar-refractivity contribution < 1.29 is 14.7 Å². The van der Waals surface area contributed by atoms with E-state index >= 15 is 0 Å². The minimum absolute atomic E-state index is 0.147. The van der Waals surface area contributed by atoms with Gasteiger partial charge in [-0.2, -0.15) is 0 Å². The van der Waals surface area contributed by atoms with Crippen LogP contribution in [0.3, 0.4) is 0 Å². The Morgan fingerprint density at radius 2 is 2.32 bits per heavy atom. The predicted molar refractivity (Wildman–Crippen MR) is 71.6 cm³/mol. The van der Waals surface area contributed by atoms with Crippen molar-refractivity contribution in [1.29, 1.82) is 0 Å². The molecule has 2 rings (SSSR count). The molecular weight excluding hydrogens is 268 g/mol. The third-order valence-corrected chi connectivity index (χ3v) is 3.27. The first-order chi connectivity index (χ1) is 9.15. The van der Waals surface area contributed by atoms with Crippen LogP contribution in [0.1, 0.15) is 18.5 Å². The Labute approximate surface area is 113 Å². The molecule has 2 heterocycles. The number of thiazole rings is 1. The number of aliphatic imine (C=N–C) groups is 1. The molecule has 1 amide bonds. The number of rotatable bonds is 4. The summed E-state index contributed by atoms with van der Waals surface area (Å²) in [5.74, 6) is -0.969. The van der Waals surface area contributed by atoms with Crippen LogP contribution >= 0.6 is 11.3 Å². The second kappa shape index (κ2) is 6.28. The topological polar surface area (TPSA) is 104 Å². The number of carboxylic acid groups (broad SMARTS) is 1. The second-order valence-electron chi connectivity index (χ2n) is 4.03. The van der Waals surface area contributed by atoms with Gasteiger partial charge < -0.3 is 10.4 Å². The molecule has 0 aliphatic carbocycles. The number of nitrogens with one attached hydrogen (secondary N) is 2. The van der Waals surface area contributed by atoms with Crippen LogP contribution in [0, 0.1) is 0 Å². The molecule has 7 nitrogen and oxygen atoms in total. The molecule has 0 aromatic carbocycles. The highest BCUT2D eigenvalue weighted by Gasteiger charge is 2.15. The van der Waals surface area contributed by atoms with Gasteiger partial charge in [0.25, 0.3) is 5.91 Å². The lowest BCUT2D eigenvalue weighted by molar-refractivity contribution is -0.136. The van der Waals surface area contributed by atoms with E-state index in [1.807, 2.05) is 0 Å². The van der Waals surface area contributed by atoms with E-state index in [2.05, 4.69) is 20.6 Å². The average molecular weight is 282 g/mol. The summed E-state index contributed by atoms with van der Waals surface area (Å²) < 4.78 is 0. The number of carbonyl (C=O) groups is 2. The van der Waals surface area contributed by atoms with Crippen molar-refractivity contribution >= 4 is 34.2 Å². The van der Waals surface area contributed by atoms with Gasteiger partial charge in [0, 0.05) is 18.5 Å². The van der Waals surface area contributed by atoms with E-state index in [9.17, 15) is 9.59 Å². The van der Waals surface area contributed by atoms with Crippen molar-refractivity contribution in [3.05, 3.63) is 11.1 Å². The third kappa shape index (κ3) is 4.02. The quantitative estimate of drug-likeness (QED) is 0.745. The van der Waals surface area contributed by atoms with Gasteiger partial charge in [0.2, 0.25) is 0 Å². The van der Waals surface area contributed by atoms with Gasteiger partial charge in [-0.15, -0.1) is 11.3 Å². The maximum Gasteiger partial charge on any atom is 0.309 e. The first-order valence-corrected chi connectivity index (χ1v) is 6.79. The summed E-state index contributed by atoms with van der Waals surface area (Å²) in [4.78, 5) is 30.6. The Morgan fingerprint density at radius 3 is 3.11 bits per heavy atom. The summed E-state index contributed by atoms with van der Waals surface area (Å²) in [6, 6.07) is 0. The van der Waals surface area contributed by atoms with E-state index in [1.54, 1.807) is 5.38 Å². The number of hydrogen-bond acceptors (Lipinski definition) is 6. The number of aliphatic carboxylic acids is 1. The highest BCUT2D eigenvalue weighted by molar-refractivity contribution is 7.14. The molecule has 102 valence electrons. The van der Waals surface area contributed by atoms with E-state index in [1.165, 1.54) is 11.3 Å². The molecule has 1 aliphatic heterocycles. The number of carboxylic acids is 1. The van der Waals surface area contributed by atoms with Crippen LogP contribution < -0.4 is 10.6 Å². The van der Waals surface area contributed by atoms with Crippen LogP contribution in [-0.2, 0) is 16.0 Å². The summed E-state index contributed by atoms with van der Waals surface area (Å²) in [7, 11) is 0. The summed E-state index contributed by atoms with van der Waals surface area (Å²) in [5, 5.41) is 16.2. The molecule has 0 fully saturated rings. The highest BCUT2D eigenvalue weighted by Crippen LogP contribution is 2.15. The Hall–Kier alpha value is -1.96. The largest absolute Gasteiger partial charge is 0.481 e. The molecule has 1 aromatic rings. The zero-order valence-electron chi connectivity index (χ0n) is 10.2. The Bertz CT molecular complexity index is 512. The van der Waals surface area contributed by atoms with Gasteiger partial charge in [-0.25, -0.2) is 4.98 Å². The molecule has 3 N–H and O–H groups in total. The molecule has 0 unspecified atom stereocenters. The zero-order valence-corrected chi connectivity index (χ0v) is 11.0. The molecule has 0 spiro atoms. The highest BCUT2D eigenvalue weighted by atomic mass is 32.1. The van der Waals surface area contributed by atoms with Gasteiger partial charge in [-0.1, -0.05) is 0 Å². The average Bonchev–Trinajstić information content (AvgIpc) is 2.64. The van der Waals surface area contributed by atoms with Crippen molar-refractivity contribution in [3.63, 3.8) is 0 Å². The number of amides is 1. The molecular formula is C11H14N4O3S. The predicted octanol–water partition coefficient (Wildman–Crippen LogP) is 0.491. The minimum atomic E-state index is -0.946. The molecule has 0 atom stereocenters. The van der Waals surface area contributed by atoms with Crippen LogP contribution in [0.15, 0.2) is 10.4 Å². The molecule has 19 heavy (non-hydrogen) atoms. The first kappa shape index (κ1) is 13.5. The second-order valence-corrected chi connectivity index (χ2v) is 4.89. The maximum atomic E-state index is 11.9. The van der Waals surface area contributed by atoms with Gasteiger partial charge in [-0.3, -0.25) is 19.9 Å². The normalized spacial score (nSPS) is 15.1. The fourth-order valence-corrected chi connectivity index (χ4v) is 2.30. The van der Waals surface area contributed by atoms with Crippen molar-refractivity contribution in [2.45, 2.75) is 19.3 Å². The lowest BCUT2D eigenvalue weighted by Crippen LogP contribution is -2.35. The minimum Gasteiger partial charge on any atom is -0.481 e. The van der Waals surface area contributed by atoms with Crippen molar-refractivity contribution in [1.82, 2.24) is 10.3 Å². The van der Waals surface area contributed by atoms with Crippen LogP contribution in [0.4, 0.5) is 5.13 Å². The smallest absolute Gasteiger partial charge is 0.309 e. The first-order valence-electron chi connectivity index (χ1n) is 5.91. The number of hydrogen-bond donors (Lipinski definition) is 3. The van der Waals surface area contributed by atoms with Crippen molar-refractivity contribution in [2.75, 3.05) is 18.4 Å². The van der Waals surface area contributed by atoms with Gasteiger partial charge in [0.05, 0.1) is 12.1 Å². The number of nitrogens with zero attached hydrogens (tertiary/aromatic N) is 2. The van der Waals surface area contributed by atoms with Crippen molar-refractivity contribution in [3.8, 4) is 0 Å². The fraction of sp³-hybridized carbons (Fsp3) is 0.455. The van der Waals surface area contributed by atoms with E-state index in [0.717, 1.165) is 19.4 Å². The van der Waals surface area contributed by atoms with Crippen molar-refractivity contribution in [2.24, 2.45) is 4.99 Å². The van der Waals surface area contributed by atoms with E-state index in [0.29, 0.717) is 23.2 Å². The van der Waals surface area contributed by atoms with Crippen LogP contribution in [0.2, 0.25) is 0 Å². The van der Waals surface area contributed by atoms with Gasteiger partial charge in [0.1, 0.15) is 0 Å². The molecule has 8 heteroatoms. The maximum absolute atomic E-state index is 11.9. The van der Waals surface area contributed by atoms with Crippen LogP contribution in [0.25, 0.3) is 0 Å². The molecule has 1 aromatic heterocycles. The molecule has 0 saturated carbocycles. The lowest BCUT2D eigenvalue weighted by atomic mass is 10.3. The number of anilines is 1. The Morgan fingerprint density at radius 1 is 1.47 bits per heavy atom. The van der Waals surface area contributed by atoms with Crippen LogP contribution in [-0.4, -0.2) is 40.9 Å². The standard InChI is InChI=1S/C11H14N4O3S/c16-8(17)5-7-6-19-11(14-7)15-10(18)9-12-3-1-2-4-13-9/h6H,1-5H2,(H,12,13)(H,16,17)(H,14,15,18). The number of aromatic nitrogens is 1. The molecule has 0 radical (unpaired) electrons. The number of carbonyl (C=O) groups excluding carboxylic acids is 1. The van der Waals surface area contributed by atoms with E-state index < -0.39 is 5.97 Å². The Kier molecular flexibility index (Phi) is 4.45. The SMILES string of the molecule is O=C(O)Cc1csc(NC(=O)C2=NCCCCN2)n1.